The molecule has 0 amide bonds. The highest BCUT2D eigenvalue weighted by Crippen LogP contribution is 2.27. The monoisotopic (exact) mass is 227 g/mol. The van der Waals surface area contributed by atoms with E-state index in [1.165, 1.54) is 7.11 Å². The van der Waals surface area contributed by atoms with Gasteiger partial charge in [0.25, 0.3) is 0 Å². The second-order valence-corrected chi connectivity index (χ2v) is 4.64. The molecular formula is C11H17NO2S. The average molecular weight is 227 g/mol. The lowest BCUT2D eigenvalue weighted by Crippen LogP contribution is -2.13. The molecule has 0 N–H and O–H groups in total. The number of aromatic nitrogens is 1. The van der Waals surface area contributed by atoms with Crippen LogP contribution in [0.15, 0.2) is 5.38 Å². The van der Waals surface area contributed by atoms with Gasteiger partial charge < -0.3 is 4.74 Å². The number of hydrogen-bond acceptors (Lipinski definition) is 4. The molecule has 0 bridgehead atoms. The lowest BCUT2D eigenvalue weighted by atomic mass is 10.1. The predicted molar refractivity (Wildman–Crippen MR) is 61.3 cm³/mol. The zero-order chi connectivity index (χ0) is 11.4. The van der Waals surface area contributed by atoms with Crippen molar-refractivity contribution in [2.75, 3.05) is 7.11 Å². The van der Waals surface area contributed by atoms with E-state index in [0.717, 1.165) is 17.1 Å². The summed E-state index contributed by atoms with van der Waals surface area (Å²) in [6.45, 7) is 6.16. The van der Waals surface area contributed by atoms with Gasteiger partial charge in [0, 0.05) is 5.38 Å². The van der Waals surface area contributed by atoms with Gasteiger partial charge in [-0.25, -0.2) is 4.98 Å². The molecule has 3 nitrogen and oxygen atoms in total. The molecule has 0 aliphatic carbocycles. The van der Waals surface area contributed by atoms with Crippen LogP contribution in [0.25, 0.3) is 0 Å². The molecule has 1 unspecified atom stereocenters. The van der Waals surface area contributed by atoms with Crippen LogP contribution in [-0.4, -0.2) is 18.1 Å². The minimum atomic E-state index is -0.201. The normalized spacial score (nSPS) is 12.9. The standard InChI is InChI=1S/C11H17NO2S/c1-5-8(11(13)14-4)10-12-9(6-15-10)7(2)3/h6-8H,5H2,1-4H3. The Morgan fingerprint density at radius 1 is 1.60 bits per heavy atom. The van der Waals surface area contributed by atoms with E-state index < -0.39 is 0 Å². The zero-order valence-electron chi connectivity index (χ0n) is 9.61. The van der Waals surface area contributed by atoms with Gasteiger partial charge in [-0.1, -0.05) is 20.8 Å². The van der Waals surface area contributed by atoms with E-state index in [-0.39, 0.29) is 11.9 Å². The van der Waals surface area contributed by atoms with Crippen molar-refractivity contribution < 1.29 is 9.53 Å². The second-order valence-electron chi connectivity index (χ2n) is 3.75. The Morgan fingerprint density at radius 2 is 2.27 bits per heavy atom. The van der Waals surface area contributed by atoms with Crippen molar-refractivity contribution in [3.8, 4) is 0 Å². The summed E-state index contributed by atoms with van der Waals surface area (Å²) >= 11 is 1.54. The van der Waals surface area contributed by atoms with E-state index in [2.05, 4.69) is 18.8 Å². The molecule has 0 spiro atoms. The molecule has 15 heavy (non-hydrogen) atoms. The van der Waals surface area contributed by atoms with Gasteiger partial charge in [-0.3, -0.25) is 4.79 Å². The van der Waals surface area contributed by atoms with Crippen molar-refractivity contribution >= 4 is 17.3 Å². The van der Waals surface area contributed by atoms with E-state index >= 15 is 0 Å². The Bertz CT molecular complexity index is 333. The maximum Gasteiger partial charge on any atom is 0.315 e. The summed E-state index contributed by atoms with van der Waals surface area (Å²) in [7, 11) is 1.42. The van der Waals surface area contributed by atoms with E-state index in [1.807, 2.05) is 12.3 Å². The summed E-state index contributed by atoms with van der Waals surface area (Å²) in [5, 5.41) is 2.89. The summed E-state index contributed by atoms with van der Waals surface area (Å²) < 4.78 is 4.76. The smallest absolute Gasteiger partial charge is 0.315 e. The number of hydrogen-bond donors (Lipinski definition) is 0. The minimum absolute atomic E-state index is 0.192. The summed E-state index contributed by atoms with van der Waals surface area (Å²) in [5.74, 6) is 0.0137. The fourth-order valence-electron chi connectivity index (χ4n) is 1.31. The summed E-state index contributed by atoms with van der Waals surface area (Å²) in [6.07, 6.45) is 0.734. The SMILES string of the molecule is CCC(C(=O)OC)c1nc(C(C)C)cs1. The van der Waals surface area contributed by atoms with Crippen LogP contribution < -0.4 is 0 Å². The topological polar surface area (TPSA) is 39.2 Å². The van der Waals surface area contributed by atoms with Gasteiger partial charge in [0.05, 0.1) is 12.8 Å². The van der Waals surface area contributed by atoms with Crippen LogP contribution in [0, 0.1) is 0 Å². The Balaban J connectivity index is 2.88. The van der Waals surface area contributed by atoms with E-state index in [1.54, 1.807) is 11.3 Å². The third-order valence-corrected chi connectivity index (χ3v) is 3.30. The molecule has 0 aliphatic rings. The lowest BCUT2D eigenvalue weighted by molar-refractivity contribution is -0.142. The van der Waals surface area contributed by atoms with Crippen LogP contribution in [0.3, 0.4) is 0 Å². The molecule has 1 aromatic rings. The highest BCUT2D eigenvalue weighted by molar-refractivity contribution is 7.09. The quantitative estimate of drug-likeness (QED) is 0.742. The fourth-order valence-corrected chi connectivity index (χ4v) is 2.46. The van der Waals surface area contributed by atoms with Gasteiger partial charge in [0.1, 0.15) is 10.9 Å². The van der Waals surface area contributed by atoms with Crippen LogP contribution in [0.1, 0.15) is 49.7 Å². The minimum Gasteiger partial charge on any atom is -0.468 e. The van der Waals surface area contributed by atoms with Gasteiger partial charge in [0.15, 0.2) is 0 Å². The Labute approximate surface area is 94.5 Å². The van der Waals surface area contributed by atoms with E-state index in [4.69, 9.17) is 4.74 Å². The number of methoxy groups -OCH3 is 1. The van der Waals surface area contributed by atoms with Crippen LogP contribution in [0.5, 0.6) is 0 Å². The Morgan fingerprint density at radius 3 is 2.67 bits per heavy atom. The first-order chi connectivity index (χ1) is 7.10. The van der Waals surface area contributed by atoms with Crippen LogP contribution >= 0.6 is 11.3 Å². The molecule has 1 atom stereocenters. The highest BCUT2D eigenvalue weighted by Gasteiger charge is 2.22. The molecule has 1 heterocycles. The number of nitrogens with zero attached hydrogens (tertiary/aromatic N) is 1. The van der Waals surface area contributed by atoms with Crippen LogP contribution in [-0.2, 0) is 9.53 Å². The summed E-state index contributed by atoms with van der Waals surface area (Å²) in [6, 6.07) is 0. The van der Waals surface area contributed by atoms with Gasteiger partial charge in [-0.2, -0.15) is 0 Å². The molecule has 0 saturated carbocycles. The first-order valence-electron chi connectivity index (χ1n) is 5.13. The average Bonchev–Trinajstić information content (AvgIpc) is 2.68. The number of esters is 1. The molecule has 0 aliphatic heterocycles. The zero-order valence-corrected chi connectivity index (χ0v) is 10.4. The third kappa shape index (κ3) is 2.78. The number of ether oxygens (including phenoxy) is 1. The molecule has 1 aromatic heterocycles. The van der Waals surface area contributed by atoms with Crippen molar-refractivity contribution in [3.05, 3.63) is 16.1 Å². The van der Waals surface area contributed by atoms with Crippen molar-refractivity contribution in [1.29, 1.82) is 0 Å². The van der Waals surface area contributed by atoms with Crippen molar-refractivity contribution in [2.45, 2.75) is 39.0 Å². The van der Waals surface area contributed by atoms with Crippen molar-refractivity contribution in [1.82, 2.24) is 4.98 Å². The van der Waals surface area contributed by atoms with Crippen LogP contribution in [0.2, 0.25) is 0 Å². The molecule has 0 radical (unpaired) electrons. The largest absolute Gasteiger partial charge is 0.468 e. The van der Waals surface area contributed by atoms with Crippen molar-refractivity contribution in [3.63, 3.8) is 0 Å². The number of carbonyl (C=O) groups is 1. The Kier molecular flexibility index (Phi) is 4.27. The predicted octanol–water partition coefficient (Wildman–Crippen LogP) is 2.93. The number of carbonyl (C=O) groups excluding carboxylic acids is 1. The van der Waals surface area contributed by atoms with Gasteiger partial charge in [-0.15, -0.1) is 11.3 Å². The maximum atomic E-state index is 11.5. The first kappa shape index (κ1) is 12.2. The van der Waals surface area contributed by atoms with Crippen LogP contribution in [0.4, 0.5) is 0 Å². The van der Waals surface area contributed by atoms with Gasteiger partial charge in [-0.05, 0) is 12.3 Å². The molecule has 84 valence electrons. The molecule has 0 fully saturated rings. The maximum absolute atomic E-state index is 11.5. The number of rotatable bonds is 4. The Hall–Kier alpha value is -0.900. The second kappa shape index (κ2) is 5.26. The first-order valence-corrected chi connectivity index (χ1v) is 6.01. The fraction of sp³-hybridized carbons (Fsp3) is 0.636. The molecule has 0 aromatic carbocycles. The highest BCUT2D eigenvalue weighted by atomic mass is 32.1. The van der Waals surface area contributed by atoms with Gasteiger partial charge in [0.2, 0.25) is 0 Å². The number of thiazole rings is 1. The molecular weight excluding hydrogens is 210 g/mol. The third-order valence-electron chi connectivity index (χ3n) is 2.32. The van der Waals surface area contributed by atoms with E-state index in [9.17, 15) is 4.79 Å². The summed E-state index contributed by atoms with van der Waals surface area (Å²) in [4.78, 5) is 15.9. The summed E-state index contributed by atoms with van der Waals surface area (Å²) in [5.41, 5.74) is 1.05. The van der Waals surface area contributed by atoms with E-state index in [0.29, 0.717) is 5.92 Å². The van der Waals surface area contributed by atoms with Gasteiger partial charge >= 0.3 is 5.97 Å². The molecule has 4 heteroatoms. The molecule has 0 saturated heterocycles. The lowest BCUT2D eigenvalue weighted by Gasteiger charge is -2.08. The molecule has 1 rings (SSSR count). The van der Waals surface area contributed by atoms with Crippen molar-refractivity contribution in [2.24, 2.45) is 0 Å².